The third-order valence-electron chi connectivity index (χ3n) is 4.92. The van der Waals surface area contributed by atoms with Gasteiger partial charge in [0.05, 0.1) is 11.7 Å². The highest BCUT2D eigenvalue weighted by Gasteiger charge is 2.22. The summed E-state index contributed by atoms with van der Waals surface area (Å²) >= 11 is 5.90. The molecule has 0 aromatic heterocycles. The van der Waals surface area contributed by atoms with Gasteiger partial charge in [0.15, 0.2) is 0 Å². The first-order valence-corrected chi connectivity index (χ1v) is 10.3. The third kappa shape index (κ3) is 6.67. The second kappa shape index (κ2) is 10.7. The van der Waals surface area contributed by atoms with Crippen LogP contribution in [0.5, 0.6) is 5.75 Å². The van der Waals surface area contributed by atoms with Gasteiger partial charge in [-0.3, -0.25) is 9.69 Å². The first-order valence-electron chi connectivity index (χ1n) is 9.89. The fraction of sp³-hybridized carbons (Fsp3) is 0.409. The molecule has 8 heteroatoms. The number of nitrogens with zero attached hydrogens (tertiary/aromatic N) is 1. The van der Waals surface area contributed by atoms with Gasteiger partial charge in [-0.15, -0.1) is 0 Å². The quantitative estimate of drug-likeness (QED) is 0.664. The van der Waals surface area contributed by atoms with E-state index in [1.165, 1.54) is 18.2 Å². The van der Waals surface area contributed by atoms with Crippen molar-refractivity contribution in [3.8, 4) is 5.75 Å². The lowest BCUT2D eigenvalue weighted by Gasteiger charge is -2.26. The van der Waals surface area contributed by atoms with Crippen molar-refractivity contribution in [1.82, 2.24) is 4.90 Å². The summed E-state index contributed by atoms with van der Waals surface area (Å²) in [6, 6.07) is 11.0. The zero-order chi connectivity index (χ0) is 21.5. The summed E-state index contributed by atoms with van der Waals surface area (Å²) in [4.78, 5) is 13.7. The first kappa shape index (κ1) is 22.5. The number of nitrogens with two attached hydrogens (primary N) is 1. The van der Waals surface area contributed by atoms with Crippen LogP contribution in [0.25, 0.3) is 0 Å². The first-order chi connectivity index (χ1) is 14.4. The number of benzene rings is 2. The van der Waals surface area contributed by atoms with Gasteiger partial charge in [0.25, 0.3) is 5.91 Å². The summed E-state index contributed by atoms with van der Waals surface area (Å²) in [5, 5.41) is 10.8. The molecule has 3 rings (SSSR count). The maximum Gasteiger partial charge on any atom is 0.252 e. The molecule has 0 bridgehead atoms. The van der Waals surface area contributed by atoms with Crippen molar-refractivity contribution in [2.24, 2.45) is 5.73 Å². The molecule has 2 aromatic rings. The Morgan fingerprint density at radius 3 is 2.83 bits per heavy atom. The van der Waals surface area contributed by atoms with Crippen molar-refractivity contribution in [3.05, 3.63) is 64.4 Å². The van der Waals surface area contributed by atoms with Crippen LogP contribution in [-0.4, -0.2) is 61.0 Å². The lowest BCUT2D eigenvalue weighted by atomic mass is 10.1. The van der Waals surface area contributed by atoms with Crippen LogP contribution in [0.4, 0.5) is 4.39 Å². The molecule has 1 fully saturated rings. The van der Waals surface area contributed by atoms with E-state index in [0.29, 0.717) is 36.9 Å². The number of hydrogen-bond acceptors (Lipinski definition) is 5. The molecule has 2 aromatic carbocycles. The Hall–Kier alpha value is -2.19. The van der Waals surface area contributed by atoms with Crippen LogP contribution in [0.1, 0.15) is 22.3 Å². The Morgan fingerprint density at radius 1 is 1.33 bits per heavy atom. The van der Waals surface area contributed by atoms with Crippen LogP contribution >= 0.6 is 11.6 Å². The summed E-state index contributed by atoms with van der Waals surface area (Å²) in [5.41, 5.74) is 6.55. The lowest BCUT2D eigenvalue weighted by Crippen LogP contribution is -2.40. The van der Waals surface area contributed by atoms with Gasteiger partial charge < -0.3 is 20.3 Å². The van der Waals surface area contributed by atoms with E-state index in [1.807, 2.05) is 0 Å². The summed E-state index contributed by atoms with van der Waals surface area (Å²) in [6.07, 6.45) is 0.738. The van der Waals surface area contributed by atoms with Crippen LogP contribution in [0.3, 0.4) is 0 Å². The number of aliphatic hydroxyl groups excluding tert-OH is 1. The second-order valence-electron chi connectivity index (χ2n) is 7.41. The molecule has 1 heterocycles. The molecule has 1 aliphatic heterocycles. The minimum absolute atomic E-state index is 0.0158. The Labute approximate surface area is 180 Å². The SMILES string of the molecule is NC(=O)c1cc(Cl)ccc1OC[C@@H](O)CN1CCCO[C@H](Cc2ccc(F)cc2)C1. The molecular weight excluding hydrogens is 411 g/mol. The van der Waals surface area contributed by atoms with Gasteiger partial charge in [0, 0.05) is 31.3 Å². The molecule has 0 aliphatic carbocycles. The van der Waals surface area contributed by atoms with Crippen LogP contribution in [0.2, 0.25) is 5.02 Å². The van der Waals surface area contributed by atoms with Crippen molar-refractivity contribution in [3.63, 3.8) is 0 Å². The fourth-order valence-corrected chi connectivity index (χ4v) is 3.67. The van der Waals surface area contributed by atoms with Crippen LogP contribution in [0, 0.1) is 5.82 Å². The molecule has 0 radical (unpaired) electrons. The number of primary amides is 1. The lowest BCUT2D eigenvalue weighted by molar-refractivity contribution is 0.0360. The maximum absolute atomic E-state index is 13.1. The van der Waals surface area contributed by atoms with E-state index >= 15 is 0 Å². The van der Waals surface area contributed by atoms with E-state index in [9.17, 15) is 14.3 Å². The van der Waals surface area contributed by atoms with E-state index in [2.05, 4.69) is 4.90 Å². The summed E-state index contributed by atoms with van der Waals surface area (Å²) in [6.45, 7) is 2.51. The van der Waals surface area contributed by atoms with Gasteiger partial charge in [0.2, 0.25) is 0 Å². The van der Waals surface area contributed by atoms with Gasteiger partial charge in [-0.05, 0) is 48.7 Å². The summed E-state index contributed by atoms with van der Waals surface area (Å²) < 4.78 is 24.6. The van der Waals surface area contributed by atoms with Gasteiger partial charge in [0.1, 0.15) is 24.3 Å². The van der Waals surface area contributed by atoms with Gasteiger partial charge in [-0.2, -0.15) is 0 Å². The molecule has 0 spiro atoms. The predicted octanol–water partition coefficient (Wildman–Crippen LogP) is 2.65. The van der Waals surface area contributed by atoms with E-state index in [1.54, 1.807) is 24.3 Å². The van der Waals surface area contributed by atoms with E-state index < -0.39 is 12.0 Å². The highest BCUT2D eigenvalue weighted by molar-refractivity contribution is 6.31. The average molecular weight is 437 g/mol. The topological polar surface area (TPSA) is 85.0 Å². The molecule has 1 saturated heterocycles. The van der Waals surface area contributed by atoms with E-state index in [-0.39, 0.29) is 24.1 Å². The van der Waals surface area contributed by atoms with Crippen molar-refractivity contribution in [2.75, 3.05) is 32.8 Å². The van der Waals surface area contributed by atoms with Crippen LogP contribution in [0.15, 0.2) is 42.5 Å². The molecule has 162 valence electrons. The number of ether oxygens (including phenoxy) is 2. The molecule has 30 heavy (non-hydrogen) atoms. The molecular formula is C22H26ClFN2O4. The minimum Gasteiger partial charge on any atom is -0.490 e. The van der Waals surface area contributed by atoms with Gasteiger partial charge in [-0.1, -0.05) is 23.7 Å². The summed E-state index contributed by atoms with van der Waals surface area (Å²) in [7, 11) is 0. The number of halogens is 2. The highest BCUT2D eigenvalue weighted by atomic mass is 35.5. The molecule has 1 aliphatic rings. The van der Waals surface area contributed by atoms with Gasteiger partial charge in [-0.25, -0.2) is 4.39 Å². The molecule has 0 saturated carbocycles. The van der Waals surface area contributed by atoms with Crippen LogP contribution < -0.4 is 10.5 Å². The van der Waals surface area contributed by atoms with Crippen LogP contribution in [-0.2, 0) is 11.2 Å². The van der Waals surface area contributed by atoms with Crippen molar-refractivity contribution in [2.45, 2.75) is 25.0 Å². The number of aliphatic hydroxyl groups is 1. The molecule has 6 nitrogen and oxygen atoms in total. The standard InChI is InChI=1S/C22H26ClFN2O4/c23-16-4-7-21(20(11-16)22(25)28)30-14-18(27)12-26-8-1-9-29-19(13-26)10-15-2-5-17(24)6-3-15/h2-7,11,18-19,27H,1,8-10,12-14H2,(H2,25,28)/t18-,19+/m0/s1. The number of hydrogen-bond donors (Lipinski definition) is 2. The molecule has 0 unspecified atom stereocenters. The zero-order valence-electron chi connectivity index (χ0n) is 16.6. The number of carbonyl (C=O) groups is 1. The van der Waals surface area contributed by atoms with Crippen molar-refractivity contribution >= 4 is 17.5 Å². The zero-order valence-corrected chi connectivity index (χ0v) is 17.4. The number of rotatable bonds is 8. The average Bonchev–Trinajstić information content (AvgIpc) is 2.93. The smallest absolute Gasteiger partial charge is 0.252 e. The molecule has 1 amide bonds. The van der Waals surface area contributed by atoms with E-state index in [0.717, 1.165) is 18.5 Å². The van der Waals surface area contributed by atoms with Gasteiger partial charge >= 0.3 is 0 Å². The highest BCUT2D eigenvalue weighted by Crippen LogP contribution is 2.23. The largest absolute Gasteiger partial charge is 0.490 e. The molecule has 3 N–H and O–H groups in total. The molecule has 2 atom stereocenters. The monoisotopic (exact) mass is 436 g/mol. The predicted molar refractivity (Wildman–Crippen MR) is 112 cm³/mol. The number of amides is 1. The fourth-order valence-electron chi connectivity index (χ4n) is 3.50. The normalized spacial score (nSPS) is 18.6. The Morgan fingerprint density at radius 2 is 2.10 bits per heavy atom. The van der Waals surface area contributed by atoms with E-state index in [4.69, 9.17) is 26.8 Å². The Balaban J connectivity index is 1.53. The number of carbonyl (C=O) groups excluding carboxylic acids is 1. The Bertz CT molecular complexity index is 850. The maximum atomic E-state index is 13.1. The minimum atomic E-state index is -0.758. The van der Waals surface area contributed by atoms with Crippen molar-refractivity contribution < 1.29 is 23.8 Å². The van der Waals surface area contributed by atoms with Crippen molar-refractivity contribution in [1.29, 1.82) is 0 Å². The summed E-state index contributed by atoms with van der Waals surface area (Å²) in [5.74, 6) is -0.611. The Kier molecular flexibility index (Phi) is 8.04. The third-order valence-corrected chi connectivity index (χ3v) is 5.15. The second-order valence-corrected chi connectivity index (χ2v) is 7.84. The number of β-amino-alcohol motifs (C(OH)–C–C–N with tert-alkyl or cyclic N) is 1.